The van der Waals surface area contributed by atoms with Gasteiger partial charge in [-0.15, -0.1) is 0 Å². The van der Waals surface area contributed by atoms with Crippen LogP contribution in [0.2, 0.25) is 0 Å². The second kappa shape index (κ2) is 12.4. The minimum atomic E-state index is -0.184. The van der Waals surface area contributed by atoms with Crippen LogP contribution in [0.25, 0.3) is 0 Å². The number of aromatic nitrogens is 1. The van der Waals surface area contributed by atoms with E-state index in [0.29, 0.717) is 23.1 Å². The van der Waals surface area contributed by atoms with Crippen molar-refractivity contribution in [1.29, 1.82) is 0 Å². The molecule has 1 heterocycles. The highest BCUT2D eigenvalue weighted by Gasteiger charge is 2.21. The predicted molar refractivity (Wildman–Crippen MR) is 172 cm³/mol. The SMILES string of the molecule is Cc1cc(Oc2ccnc(NC3Cc4ccccc4C3)c2)c(C(C)C)cc1NC(=O)c1ccc(Oc2ccccc2)cc1. The van der Waals surface area contributed by atoms with Crippen molar-refractivity contribution in [3.63, 3.8) is 0 Å². The van der Waals surface area contributed by atoms with Crippen molar-refractivity contribution in [2.75, 3.05) is 10.6 Å². The number of aryl methyl sites for hydroxylation is 1. The van der Waals surface area contributed by atoms with Crippen LogP contribution in [-0.4, -0.2) is 16.9 Å². The third-order valence-electron chi connectivity index (χ3n) is 7.68. The van der Waals surface area contributed by atoms with E-state index < -0.39 is 0 Å². The van der Waals surface area contributed by atoms with Crippen molar-refractivity contribution in [2.24, 2.45) is 0 Å². The van der Waals surface area contributed by atoms with Gasteiger partial charge in [0.05, 0.1) is 0 Å². The van der Waals surface area contributed by atoms with Gasteiger partial charge in [0.15, 0.2) is 0 Å². The summed E-state index contributed by atoms with van der Waals surface area (Å²) in [5.41, 5.74) is 6.01. The average molecular weight is 570 g/mol. The predicted octanol–water partition coefficient (Wildman–Crippen LogP) is 8.93. The Morgan fingerprint density at radius 3 is 2.16 bits per heavy atom. The van der Waals surface area contributed by atoms with Crippen LogP contribution < -0.4 is 20.1 Å². The minimum Gasteiger partial charge on any atom is -0.457 e. The first-order valence-electron chi connectivity index (χ1n) is 14.7. The first-order valence-corrected chi connectivity index (χ1v) is 14.7. The molecule has 0 radical (unpaired) electrons. The van der Waals surface area contributed by atoms with Crippen LogP contribution in [0, 0.1) is 6.92 Å². The number of hydrogen-bond acceptors (Lipinski definition) is 5. The number of nitrogens with one attached hydrogen (secondary N) is 2. The fraction of sp³-hybridized carbons (Fsp3) is 0.189. The molecule has 1 aliphatic rings. The molecule has 1 aliphatic carbocycles. The van der Waals surface area contributed by atoms with Gasteiger partial charge >= 0.3 is 0 Å². The molecule has 0 bridgehead atoms. The Balaban J connectivity index is 1.14. The normalized spacial score (nSPS) is 12.6. The molecule has 1 amide bonds. The third-order valence-corrected chi connectivity index (χ3v) is 7.68. The highest BCUT2D eigenvalue weighted by molar-refractivity contribution is 6.04. The van der Waals surface area contributed by atoms with Crippen LogP contribution in [0.1, 0.15) is 52.4 Å². The summed E-state index contributed by atoms with van der Waals surface area (Å²) in [6.07, 6.45) is 3.74. The zero-order valence-corrected chi connectivity index (χ0v) is 24.6. The molecule has 0 spiro atoms. The van der Waals surface area contributed by atoms with E-state index in [1.165, 1.54) is 11.1 Å². The topological polar surface area (TPSA) is 72.5 Å². The summed E-state index contributed by atoms with van der Waals surface area (Å²) in [6.45, 7) is 6.21. The fourth-order valence-corrected chi connectivity index (χ4v) is 5.42. The first kappa shape index (κ1) is 28.0. The second-order valence-electron chi connectivity index (χ2n) is 11.3. The summed E-state index contributed by atoms with van der Waals surface area (Å²) >= 11 is 0. The lowest BCUT2D eigenvalue weighted by atomic mass is 9.99. The summed E-state index contributed by atoms with van der Waals surface area (Å²) in [4.78, 5) is 17.7. The number of benzene rings is 4. The molecular weight excluding hydrogens is 534 g/mol. The Morgan fingerprint density at radius 1 is 0.791 bits per heavy atom. The van der Waals surface area contributed by atoms with Crippen molar-refractivity contribution >= 4 is 17.4 Å². The van der Waals surface area contributed by atoms with E-state index in [1.54, 1.807) is 30.5 Å². The van der Waals surface area contributed by atoms with Crippen LogP contribution in [0.4, 0.5) is 11.5 Å². The van der Waals surface area contributed by atoms with E-state index in [2.05, 4.69) is 53.7 Å². The van der Waals surface area contributed by atoms with Crippen LogP contribution in [0.3, 0.4) is 0 Å². The Hall–Kier alpha value is -5.10. The van der Waals surface area contributed by atoms with Crippen molar-refractivity contribution in [3.05, 3.63) is 137 Å². The molecule has 4 aromatic carbocycles. The number of nitrogens with zero attached hydrogens (tertiary/aromatic N) is 1. The Morgan fingerprint density at radius 2 is 1.47 bits per heavy atom. The Labute approximate surface area is 252 Å². The van der Waals surface area contributed by atoms with E-state index in [-0.39, 0.29) is 11.8 Å². The molecular formula is C37H35N3O3. The second-order valence-corrected chi connectivity index (χ2v) is 11.3. The molecule has 0 fully saturated rings. The highest BCUT2D eigenvalue weighted by atomic mass is 16.5. The molecule has 2 N–H and O–H groups in total. The van der Waals surface area contributed by atoms with Crippen LogP contribution in [0.5, 0.6) is 23.0 Å². The van der Waals surface area contributed by atoms with Gasteiger partial charge in [0.25, 0.3) is 5.91 Å². The van der Waals surface area contributed by atoms with Gasteiger partial charge in [-0.1, -0.05) is 56.3 Å². The van der Waals surface area contributed by atoms with Crippen molar-refractivity contribution in [2.45, 2.75) is 45.6 Å². The van der Waals surface area contributed by atoms with E-state index in [0.717, 1.165) is 47.0 Å². The summed E-state index contributed by atoms with van der Waals surface area (Å²) < 4.78 is 12.3. The summed E-state index contributed by atoms with van der Waals surface area (Å²) in [5.74, 6) is 3.68. The third kappa shape index (κ3) is 6.70. The van der Waals surface area contributed by atoms with Gasteiger partial charge in [0.1, 0.15) is 28.8 Å². The molecule has 6 nitrogen and oxygen atoms in total. The van der Waals surface area contributed by atoms with E-state index in [1.807, 2.05) is 61.5 Å². The number of carbonyl (C=O) groups excluding carboxylic acids is 1. The van der Waals surface area contributed by atoms with Gasteiger partial charge in [0.2, 0.25) is 0 Å². The lowest BCUT2D eigenvalue weighted by molar-refractivity contribution is 0.102. The molecule has 6 rings (SSSR count). The molecule has 0 saturated carbocycles. The lowest BCUT2D eigenvalue weighted by Gasteiger charge is -2.19. The monoisotopic (exact) mass is 569 g/mol. The number of anilines is 2. The van der Waals surface area contributed by atoms with Gasteiger partial charge < -0.3 is 20.1 Å². The first-order chi connectivity index (χ1) is 20.9. The molecule has 216 valence electrons. The number of hydrogen-bond donors (Lipinski definition) is 2. The standard InChI is InChI=1S/C37H35N3O3/c1-24(2)33-23-34(40-37(41)26-13-15-31(16-14-26)42-30-11-5-4-6-12-30)25(3)19-35(33)43-32-17-18-38-36(22-32)39-29-20-27-9-7-8-10-28(27)21-29/h4-19,22-24,29H,20-21H2,1-3H3,(H,38,39)(H,40,41). The summed E-state index contributed by atoms with van der Waals surface area (Å²) in [5, 5.41) is 6.66. The molecule has 0 unspecified atom stereocenters. The number of ether oxygens (including phenoxy) is 2. The summed E-state index contributed by atoms with van der Waals surface area (Å²) in [7, 11) is 0. The highest BCUT2D eigenvalue weighted by Crippen LogP contribution is 2.36. The zero-order valence-electron chi connectivity index (χ0n) is 24.6. The maximum atomic E-state index is 13.1. The Kier molecular flexibility index (Phi) is 8.09. The number of fused-ring (bicyclic) bond motifs is 1. The van der Waals surface area contributed by atoms with Crippen molar-refractivity contribution < 1.29 is 14.3 Å². The van der Waals surface area contributed by atoms with Crippen LogP contribution in [0.15, 0.2) is 109 Å². The van der Waals surface area contributed by atoms with Gasteiger partial charge in [0, 0.05) is 29.6 Å². The van der Waals surface area contributed by atoms with Gasteiger partial charge in [-0.2, -0.15) is 0 Å². The number of rotatable bonds is 9. The Bertz CT molecular complexity index is 1710. The molecule has 6 heteroatoms. The van der Waals surface area contributed by atoms with E-state index >= 15 is 0 Å². The lowest BCUT2D eigenvalue weighted by Crippen LogP contribution is -2.20. The maximum Gasteiger partial charge on any atom is 0.255 e. The van der Waals surface area contributed by atoms with Crippen LogP contribution >= 0.6 is 0 Å². The largest absolute Gasteiger partial charge is 0.457 e. The van der Waals surface area contributed by atoms with Gasteiger partial charge in [-0.3, -0.25) is 4.79 Å². The maximum absolute atomic E-state index is 13.1. The molecule has 5 aromatic rings. The minimum absolute atomic E-state index is 0.178. The molecule has 0 saturated heterocycles. The smallest absolute Gasteiger partial charge is 0.255 e. The number of amides is 1. The zero-order chi connectivity index (χ0) is 29.8. The quantitative estimate of drug-likeness (QED) is 0.185. The van der Waals surface area contributed by atoms with Crippen molar-refractivity contribution in [1.82, 2.24) is 4.98 Å². The number of carbonyl (C=O) groups is 1. The summed E-state index contributed by atoms with van der Waals surface area (Å²) in [6, 6.07) is 33.4. The van der Waals surface area contributed by atoms with E-state index in [4.69, 9.17) is 9.47 Å². The van der Waals surface area contributed by atoms with Crippen LogP contribution in [-0.2, 0) is 12.8 Å². The molecule has 1 aromatic heterocycles. The average Bonchev–Trinajstić information content (AvgIpc) is 3.41. The number of pyridine rings is 1. The fourth-order valence-electron chi connectivity index (χ4n) is 5.42. The van der Waals surface area contributed by atoms with Gasteiger partial charge in [-0.05, 0) is 103 Å². The molecule has 43 heavy (non-hydrogen) atoms. The van der Waals surface area contributed by atoms with Gasteiger partial charge in [-0.25, -0.2) is 4.98 Å². The van der Waals surface area contributed by atoms with Crippen molar-refractivity contribution in [3.8, 4) is 23.0 Å². The van der Waals surface area contributed by atoms with E-state index in [9.17, 15) is 4.79 Å². The molecule has 0 atom stereocenters. The number of para-hydroxylation sites is 1. The molecule has 0 aliphatic heterocycles.